The highest BCUT2D eigenvalue weighted by Gasteiger charge is 2.14. The van der Waals surface area contributed by atoms with E-state index in [1.54, 1.807) is 48.5 Å². The van der Waals surface area contributed by atoms with Gasteiger partial charge in [0, 0.05) is 12.1 Å². The molecule has 2 N–H and O–H groups in total. The first-order valence-electron chi connectivity index (χ1n) is 8.54. The Morgan fingerprint density at radius 2 is 1.70 bits per heavy atom. The van der Waals surface area contributed by atoms with Gasteiger partial charge in [-0.3, -0.25) is 9.59 Å². The van der Waals surface area contributed by atoms with E-state index in [4.69, 9.17) is 0 Å². The number of nitrogens with zero attached hydrogens (tertiary/aromatic N) is 2. The average Bonchev–Trinajstić information content (AvgIpc) is 2.67. The van der Waals surface area contributed by atoms with E-state index >= 15 is 0 Å². The van der Waals surface area contributed by atoms with Gasteiger partial charge >= 0.3 is 0 Å². The molecule has 6 heteroatoms. The molecule has 27 heavy (non-hydrogen) atoms. The molecule has 6 nitrogen and oxygen atoms in total. The summed E-state index contributed by atoms with van der Waals surface area (Å²) in [5.41, 5.74) is 4.35. The third-order valence-corrected chi connectivity index (χ3v) is 4.16. The summed E-state index contributed by atoms with van der Waals surface area (Å²) in [4.78, 5) is 33.9. The predicted molar refractivity (Wildman–Crippen MR) is 106 cm³/mol. The Balaban J connectivity index is 1.87. The number of hydrogen-bond donors (Lipinski definition) is 2. The van der Waals surface area contributed by atoms with Crippen molar-refractivity contribution in [1.82, 2.24) is 15.3 Å². The second-order valence-corrected chi connectivity index (χ2v) is 6.10. The smallest absolute Gasteiger partial charge is 0.255 e. The number of carbonyl (C=O) groups excluding carboxylic acids is 2. The number of aryl methyl sites for hydroxylation is 2. The minimum absolute atomic E-state index is 0.277. The second-order valence-electron chi connectivity index (χ2n) is 6.10. The summed E-state index contributed by atoms with van der Waals surface area (Å²) in [6.45, 7) is 7.71. The fourth-order valence-electron chi connectivity index (χ4n) is 2.62. The molecule has 0 aliphatic carbocycles. The van der Waals surface area contributed by atoms with Crippen molar-refractivity contribution in [2.75, 3.05) is 11.9 Å². The van der Waals surface area contributed by atoms with E-state index in [9.17, 15) is 9.59 Å². The molecule has 2 amide bonds. The first-order valence-corrected chi connectivity index (χ1v) is 8.54. The second kappa shape index (κ2) is 7.78. The molecule has 0 fully saturated rings. The molecule has 0 aliphatic rings. The zero-order valence-electron chi connectivity index (χ0n) is 15.2. The van der Waals surface area contributed by atoms with Crippen LogP contribution >= 0.6 is 0 Å². The van der Waals surface area contributed by atoms with E-state index in [2.05, 4.69) is 27.2 Å². The maximum absolute atomic E-state index is 12.7. The normalized spacial score (nSPS) is 10.4. The monoisotopic (exact) mass is 360 g/mol. The zero-order chi connectivity index (χ0) is 19.4. The SMILES string of the molecule is C=CCNC(=O)c1ccccc1NC(=O)c1ccc2nc(C)c(C)nc2c1. The number of fused-ring (bicyclic) bond motifs is 1. The standard InChI is InChI=1S/C21H20N4O2/c1-4-11-22-21(27)16-7-5-6-8-17(16)25-20(26)15-9-10-18-19(12-15)24-14(3)13(2)23-18/h4-10,12H,1,11H2,2-3H3,(H,22,27)(H,25,26). The van der Waals surface area contributed by atoms with E-state index in [-0.39, 0.29) is 11.8 Å². The van der Waals surface area contributed by atoms with Gasteiger partial charge in [-0.05, 0) is 44.2 Å². The quantitative estimate of drug-likeness (QED) is 0.683. The molecule has 136 valence electrons. The van der Waals surface area contributed by atoms with Gasteiger partial charge in [-0.15, -0.1) is 6.58 Å². The van der Waals surface area contributed by atoms with Gasteiger partial charge in [0.05, 0.1) is 33.7 Å². The molecule has 3 aromatic rings. The largest absolute Gasteiger partial charge is 0.349 e. The molecule has 0 saturated heterocycles. The minimum Gasteiger partial charge on any atom is -0.349 e. The van der Waals surface area contributed by atoms with Crippen LogP contribution in [0.5, 0.6) is 0 Å². The Kier molecular flexibility index (Phi) is 5.26. The third-order valence-electron chi connectivity index (χ3n) is 4.16. The Bertz CT molecular complexity index is 1040. The minimum atomic E-state index is -0.319. The van der Waals surface area contributed by atoms with Crippen LogP contribution in [0.1, 0.15) is 32.1 Å². The molecule has 1 aromatic heterocycles. The first-order chi connectivity index (χ1) is 13.0. The highest BCUT2D eigenvalue weighted by atomic mass is 16.2. The molecular formula is C21H20N4O2. The zero-order valence-corrected chi connectivity index (χ0v) is 15.2. The lowest BCUT2D eigenvalue weighted by Gasteiger charge is -2.11. The van der Waals surface area contributed by atoms with Crippen LogP contribution in [0, 0.1) is 13.8 Å². The number of aromatic nitrogens is 2. The predicted octanol–water partition coefficient (Wildman–Crippen LogP) is 3.41. The number of anilines is 1. The van der Waals surface area contributed by atoms with Crippen LogP contribution in [-0.4, -0.2) is 28.3 Å². The van der Waals surface area contributed by atoms with Crippen LogP contribution in [0.25, 0.3) is 11.0 Å². The van der Waals surface area contributed by atoms with Crippen molar-refractivity contribution in [2.24, 2.45) is 0 Å². The molecular weight excluding hydrogens is 340 g/mol. The highest BCUT2D eigenvalue weighted by Crippen LogP contribution is 2.18. The van der Waals surface area contributed by atoms with E-state index in [1.165, 1.54) is 0 Å². The molecule has 0 radical (unpaired) electrons. The Labute approximate surface area is 157 Å². The number of nitrogens with one attached hydrogen (secondary N) is 2. The summed E-state index contributed by atoms with van der Waals surface area (Å²) in [7, 11) is 0. The van der Waals surface area contributed by atoms with Crippen molar-refractivity contribution in [1.29, 1.82) is 0 Å². The average molecular weight is 360 g/mol. The van der Waals surface area contributed by atoms with Gasteiger partial charge in [0.25, 0.3) is 11.8 Å². The maximum atomic E-state index is 12.7. The number of amides is 2. The molecule has 0 spiro atoms. The fraction of sp³-hybridized carbons (Fsp3) is 0.143. The van der Waals surface area contributed by atoms with E-state index in [0.29, 0.717) is 28.9 Å². The molecule has 0 aliphatic heterocycles. The first kappa shape index (κ1) is 18.3. The number of para-hydroxylation sites is 1. The highest BCUT2D eigenvalue weighted by molar-refractivity contribution is 6.09. The van der Waals surface area contributed by atoms with Crippen molar-refractivity contribution in [3.63, 3.8) is 0 Å². The van der Waals surface area contributed by atoms with Gasteiger partial charge in [-0.1, -0.05) is 18.2 Å². The van der Waals surface area contributed by atoms with Gasteiger partial charge in [0.15, 0.2) is 0 Å². The summed E-state index contributed by atoms with van der Waals surface area (Å²) in [5.74, 6) is -0.595. The maximum Gasteiger partial charge on any atom is 0.255 e. The van der Waals surface area contributed by atoms with Crippen LogP contribution in [0.3, 0.4) is 0 Å². The Hall–Kier alpha value is -3.54. The van der Waals surface area contributed by atoms with E-state index in [0.717, 1.165) is 16.9 Å². The van der Waals surface area contributed by atoms with Crippen LogP contribution in [0.15, 0.2) is 55.1 Å². The van der Waals surface area contributed by atoms with Gasteiger partial charge in [-0.2, -0.15) is 0 Å². The van der Waals surface area contributed by atoms with Crippen LogP contribution < -0.4 is 10.6 Å². The van der Waals surface area contributed by atoms with Crippen LogP contribution in [-0.2, 0) is 0 Å². The van der Waals surface area contributed by atoms with Crippen molar-refractivity contribution in [3.8, 4) is 0 Å². The van der Waals surface area contributed by atoms with Crippen molar-refractivity contribution in [2.45, 2.75) is 13.8 Å². The molecule has 0 unspecified atom stereocenters. The lowest BCUT2D eigenvalue weighted by molar-refractivity contribution is 0.0959. The summed E-state index contributed by atoms with van der Waals surface area (Å²) in [5, 5.41) is 5.51. The summed E-state index contributed by atoms with van der Waals surface area (Å²) in [6.07, 6.45) is 1.60. The Morgan fingerprint density at radius 3 is 2.44 bits per heavy atom. The van der Waals surface area contributed by atoms with E-state index in [1.807, 2.05) is 13.8 Å². The number of carbonyl (C=O) groups is 2. The topological polar surface area (TPSA) is 84.0 Å². The van der Waals surface area contributed by atoms with Crippen molar-refractivity contribution >= 4 is 28.5 Å². The molecule has 0 bridgehead atoms. The summed E-state index contributed by atoms with van der Waals surface area (Å²) in [6, 6.07) is 12.0. The number of hydrogen-bond acceptors (Lipinski definition) is 4. The lowest BCUT2D eigenvalue weighted by atomic mass is 10.1. The lowest BCUT2D eigenvalue weighted by Crippen LogP contribution is -2.25. The van der Waals surface area contributed by atoms with Crippen molar-refractivity contribution < 1.29 is 9.59 Å². The van der Waals surface area contributed by atoms with Crippen LogP contribution in [0.4, 0.5) is 5.69 Å². The molecule has 3 rings (SSSR count). The van der Waals surface area contributed by atoms with Gasteiger partial charge in [-0.25, -0.2) is 9.97 Å². The molecule has 2 aromatic carbocycles. The van der Waals surface area contributed by atoms with Gasteiger partial charge in [0.1, 0.15) is 0 Å². The van der Waals surface area contributed by atoms with Crippen molar-refractivity contribution in [3.05, 3.63) is 77.6 Å². The molecule has 0 saturated carbocycles. The third kappa shape index (κ3) is 4.00. The Morgan fingerprint density at radius 1 is 1.00 bits per heavy atom. The van der Waals surface area contributed by atoms with E-state index < -0.39 is 0 Å². The molecule has 0 atom stereocenters. The summed E-state index contributed by atoms with van der Waals surface area (Å²) < 4.78 is 0. The summed E-state index contributed by atoms with van der Waals surface area (Å²) >= 11 is 0. The number of rotatable bonds is 5. The fourth-order valence-corrected chi connectivity index (χ4v) is 2.62. The number of benzene rings is 2. The van der Waals surface area contributed by atoms with Crippen LogP contribution in [0.2, 0.25) is 0 Å². The molecule has 1 heterocycles. The van der Waals surface area contributed by atoms with Gasteiger partial charge in [0.2, 0.25) is 0 Å². The van der Waals surface area contributed by atoms with Gasteiger partial charge < -0.3 is 10.6 Å².